The van der Waals surface area contributed by atoms with E-state index in [1.54, 1.807) is 35.4 Å². The van der Waals surface area contributed by atoms with E-state index in [0.29, 0.717) is 41.9 Å². The largest absolute Gasteiger partial charge is 0.352 e. The molecule has 27 heavy (non-hydrogen) atoms. The molecule has 3 heterocycles. The van der Waals surface area contributed by atoms with Crippen LogP contribution in [0, 0.1) is 0 Å². The molecule has 1 aliphatic heterocycles. The summed E-state index contributed by atoms with van der Waals surface area (Å²) in [6.45, 7) is 2.41. The van der Waals surface area contributed by atoms with Crippen molar-refractivity contribution in [2.45, 2.75) is 0 Å². The summed E-state index contributed by atoms with van der Waals surface area (Å²) in [4.78, 5) is 20.9. The Morgan fingerprint density at radius 2 is 1.85 bits per heavy atom. The highest BCUT2D eigenvalue weighted by Gasteiger charge is 2.26. The molecule has 0 aliphatic carbocycles. The van der Waals surface area contributed by atoms with Gasteiger partial charge in [0, 0.05) is 49.0 Å². The van der Waals surface area contributed by atoms with Gasteiger partial charge in [-0.2, -0.15) is 0 Å². The lowest BCUT2D eigenvalue weighted by atomic mass is 10.1. The van der Waals surface area contributed by atoms with Gasteiger partial charge in [0.25, 0.3) is 5.91 Å². The fraction of sp³-hybridized carbons (Fsp3) is 0.211. The predicted octanol–water partition coefficient (Wildman–Crippen LogP) is 4.01. The fourth-order valence-corrected chi connectivity index (χ4v) is 3.48. The summed E-state index contributed by atoms with van der Waals surface area (Å²) < 4.78 is 5.27. The van der Waals surface area contributed by atoms with Gasteiger partial charge in [0.2, 0.25) is 5.76 Å². The molecule has 0 spiro atoms. The zero-order valence-corrected chi connectivity index (χ0v) is 15.8. The summed E-state index contributed by atoms with van der Waals surface area (Å²) in [6.07, 6.45) is 1.71. The molecule has 1 aromatic carbocycles. The lowest BCUT2D eigenvalue weighted by molar-refractivity contribution is 0.0704. The zero-order valence-electron chi connectivity index (χ0n) is 14.3. The number of benzene rings is 1. The second-order valence-corrected chi connectivity index (χ2v) is 7.02. The number of amides is 1. The normalized spacial score (nSPS) is 14.4. The number of anilines is 1. The van der Waals surface area contributed by atoms with E-state index in [1.807, 2.05) is 18.2 Å². The van der Waals surface area contributed by atoms with Crippen LogP contribution in [0.5, 0.6) is 0 Å². The maximum Gasteiger partial charge on any atom is 0.292 e. The van der Waals surface area contributed by atoms with E-state index in [-0.39, 0.29) is 11.7 Å². The van der Waals surface area contributed by atoms with Crippen molar-refractivity contribution >= 4 is 34.9 Å². The van der Waals surface area contributed by atoms with Gasteiger partial charge < -0.3 is 14.3 Å². The molecule has 0 N–H and O–H groups in total. The minimum absolute atomic E-state index is 0.178. The third kappa shape index (κ3) is 3.77. The molecule has 1 saturated heterocycles. The summed E-state index contributed by atoms with van der Waals surface area (Å²) in [5, 5.41) is 5.21. The molecule has 1 fully saturated rings. The van der Waals surface area contributed by atoms with E-state index in [9.17, 15) is 4.79 Å². The smallest absolute Gasteiger partial charge is 0.292 e. The summed E-state index contributed by atoms with van der Waals surface area (Å²) in [7, 11) is 0. The van der Waals surface area contributed by atoms with Crippen molar-refractivity contribution in [1.82, 2.24) is 15.0 Å². The van der Waals surface area contributed by atoms with Crippen LogP contribution in [0.15, 0.2) is 53.2 Å². The van der Waals surface area contributed by atoms with Crippen LogP contribution in [-0.2, 0) is 0 Å². The van der Waals surface area contributed by atoms with E-state index in [0.717, 1.165) is 11.4 Å². The zero-order chi connectivity index (χ0) is 18.8. The van der Waals surface area contributed by atoms with E-state index >= 15 is 0 Å². The number of nitrogens with zero attached hydrogens (tertiary/aromatic N) is 4. The van der Waals surface area contributed by atoms with E-state index in [4.69, 9.17) is 27.7 Å². The molecule has 0 atom stereocenters. The SMILES string of the molecule is O=C(c1cc(-c2cccc(Cl)c2)no1)N1CCN(c2ncccc2Cl)CC1. The van der Waals surface area contributed by atoms with Crippen LogP contribution in [0.3, 0.4) is 0 Å². The van der Waals surface area contributed by atoms with Crippen molar-refractivity contribution < 1.29 is 9.32 Å². The highest BCUT2D eigenvalue weighted by atomic mass is 35.5. The Morgan fingerprint density at radius 1 is 1.04 bits per heavy atom. The predicted molar refractivity (Wildman–Crippen MR) is 104 cm³/mol. The first kappa shape index (κ1) is 17.8. The molecule has 4 rings (SSSR count). The Bertz CT molecular complexity index is 968. The average Bonchev–Trinajstić information content (AvgIpc) is 3.18. The topological polar surface area (TPSA) is 62.5 Å². The number of carbonyl (C=O) groups excluding carboxylic acids is 1. The van der Waals surface area contributed by atoms with Crippen LogP contribution in [0.1, 0.15) is 10.6 Å². The molecular formula is C19H16Cl2N4O2. The molecule has 1 aliphatic rings. The second-order valence-electron chi connectivity index (χ2n) is 6.17. The fourth-order valence-electron chi connectivity index (χ4n) is 3.05. The number of halogens is 2. The first-order valence-corrected chi connectivity index (χ1v) is 9.25. The number of pyridine rings is 1. The molecular weight excluding hydrogens is 387 g/mol. The van der Waals surface area contributed by atoms with Crippen molar-refractivity contribution in [3.8, 4) is 11.3 Å². The quantitative estimate of drug-likeness (QED) is 0.662. The number of piperazine rings is 1. The maximum atomic E-state index is 12.7. The van der Waals surface area contributed by atoms with Gasteiger partial charge in [-0.25, -0.2) is 4.98 Å². The second kappa shape index (κ2) is 7.58. The number of hydrogen-bond acceptors (Lipinski definition) is 5. The minimum Gasteiger partial charge on any atom is -0.352 e. The van der Waals surface area contributed by atoms with Crippen molar-refractivity contribution in [1.29, 1.82) is 0 Å². The molecule has 138 valence electrons. The molecule has 0 unspecified atom stereocenters. The van der Waals surface area contributed by atoms with Gasteiger partial charge in [0.05, 0.1) is 5.02 Å². The van der Waals surface area contributed by atoms with Gasteiger partial charge in [0.1, 0.15) is 11.5 Å². The van der Waals surface area contributed by atoms with Crippen LogP contribution < -0.4 is 4.90 Å². The van der Waals surface area contributed by atoms with Gasteiger partial charge in [-0.3, -0.25) is 4.79 Å². The Labute approximate surface area is 166 Å². The Kier molecular flexibility index (Phi) is 5.01. The highest BCUT2D eigenvalue weighted by molar-refractivity contribution is 6.33. The third-order valence-electron chi connectivity index (χ3n) is 4.45. The number of aromatic nitrogens is 2. The summed E-state index contributed by atoms with van der Waals surface area (Å²) in [5.41, 5.74) is 1.39. The molecule has 2 aromatic heterocycles. The van der Waals surface area contributed by atoms with Crippen LogP contribution in [0.25, 0.3) is 11.3 Å². The standard InChI is InChI=1S/C19H16Cl2N4O2/c20-14-4-1-3-13(11-14)16-12-17(27-23-16)19(26)25-9-7-24(8-10-25)18-15(21)5-2-6-22-18/h1-6,11-12H,7-10H2. The molecule has 0 saturated carbocycles. The van der Waals surface area contributed by atoms with Crippen molar-refractivity contribution in [2.24, 2.45) is 0 Å². The first-order valence-electron chi connectivity index (χ1n) is 8.49. The van der Waals surface area contributed by atoms with E-state index < -0.39 is 0 Å². The van der Waals surface area contributed by atoms with Crippen molar-refractivity contribution in [3.63, 3.8) is 0 Å². The van der Waals surface area contributed by atoms with Gasteiger partial charge in [-0.15, -0.1) is 0 Å². The van der Waals surface area contributed by atoms with Crippen LogP contribution in [0.2, 0.25) is 10.0 Å². The van der Waals surface area contributed by atoms with Crippen LogP contribution in [-0.4, -0.2) is 47.1 Å². The monoisotopic (exact) mass is 402 g/mol. The molecule has 6 nitrogen and oxygen atoms in total. The minimum atomic E-state index is -0.178. The number of carbonyl (C=O) groups is 1. The summed E-state index contributed by atoms with van der Waals surface area (Å²) >= 11 is 12.2. The van der Waals surface area contributed by atoms with Crippen LogP contribution in [0.4, 0.5) is 5.82 Å². The lowest BCUT2D eigenvalue weighted by Gasteiger charge is -2.35. The summed E-state index contributed by atoms with van der Waals surface area (Å²) in [5.74, 6) is 0.783. The van der Waals surface area contributed by atoms with Gasteiger partial charge in [-0.1, -0.05) is 40.5 Å². The van der Waals surface area contributed by atoms with Crippen LogP contribution >= 0.6 is 23.2 Å². The molecule has 1 amide bonds. The van der Waals surface area contributed by atoms with Gasteiger partial charge in [0.15, 0.2) is 0 Å². The van der Waals surface area contributed by atoms with E-state index in [2.05, 4.69) is 15.0 Å². The Balaban J connectivity index is 1.43. The third-order valence-corrected chi connectivity index (χ3v) is 4.98. The first-order chi connectivity index (χ1) is 13.1. The molecule has 0 radical (unpaired) electrons. The maximum absolute atomic E-state index is 12.7. The molecule has 0 bridgehead atoms. The number of hydrogen-bond donors (Lipinski definition) is 0. The number of rotatable bonds is 3. The van der Waals surface area contributed by atoms with E-state index in [1.165, 1.54) is 0 Å². The molecule has 8 heteroatoms. The van der Waals surface area contributed by atoms with Crippen molar-refractivity contribution in [2.75, 3.05) is 31.1 Å². The Hall–Kier alpha value is -2.57. The van der Waals surface area contributed by atoms with Crippen molar-refractivity contribution in [3.05, 3.63) is 64.5 Å². The molecule has 3 aromatic rings. The lowest BCUT2D eigenvalue weighted by Crippen LogP contribution is -2.49. The summed E-state index contributed by atoms with van der Waals surface area (Å²) in [6, 6.07) is 12.5. The van der Waals surface area contributed by atoms with Gasteiger partial charge >= 0.3 is 0 Å². The Morgan fingerprint density at radius 3 is 2.59 bits per heavy atom. The highest BCUT2D eigenvalue weighted by Crippen LogP contribution is 2.25. The van der Waals surface area contributed by atoms with Gasteiger partial charge in [-0.05, 0) is 24.3 Å². The average molecular weight is 403 g/mol.